The first-order valence-electron chi connectivity index (χ1n) is 7.57. The van der Waals surface area contributed by atoms with E-state index < -0.39 is 10.0 Å². The highest BCUT2D eigenvalue weighted by molar-refractivity contribution is 7.89. The van der Waals surface area contributed by atoms with E-state index in [1.54, 1.807) is 12.1 Å². The molecule has 0 radical (unpaired) electrons. The van der Waals surface area contributed by atoms with Gasteiger partial charge in [0.25, 0.3) is 0 Å². The van der Waals surface area contributed by atoms with E-state index in [4.69, 9.17) is 5.73 Å². The molecule has 0 amide bonds. The molecule has 118 valence electrons. The van der Waals surface area contributed by atoms with Crippen LogP contribution in [-0.2, 0) is 10.0 Å². The molecule has 2 rings (SSSR count). The molecule has 0 aromatic heterocycles. The second-order valence-corrected chi connectivity index (χ2v) is 7.55. The number of nitrogen functional groups attached to an aromatic ring is 1. The van der Waals surface area contributed by atoms with E-state index in [2.05, 4.69) is 17.0 Å². The van der Waals surface area contributed by atoms with Gasteiger partial charge in [-0.05, 0) is 44.0 Å². The molecular weight excluding hydrogens is 286 g/mol. The minimum absolute atomic E-state index is 0.198. The summed E-state index contributed by atoms with van der Waals surface area (Å²) in [7, 11) is -2.05. The topological polar surface area (TPSA) is 84.2 Å². The number of nitrogens with two attached hydrogens (primary N) is 1. The second kappa shape index (κ2) is 6.66. The monoisotopic (exact) mass is 311 g/mol. The summed E-state index contributed by atoms with van der Waals surface area (Å²) >= 11 is 0. The average Bonchev–Trinajstić information content (AvgIpc) is 2.49. The number of rotatable bonds is 5. The first kappa shape index (κ1) is 16.1. The fourth-order valence-electron chi connectivity index (χ4n) is 3.04. The lowest BCUT2D eigenvalue weighted by molar-refractivity contribution is 0.317. The molecule has 1 fully saturated rings. The smallest absolute Gasteiger partial charge is 0.240 e. The van der Waals surface area contributed by atoms with Crippen LogP contribution in [0.15, 0.2) is 23.1 Å². The number of benzene rings is 1. The van der Waals surface area contributed by atoms with E-state index in [9.17, 15) is 8.42 Å². The van der Waals surface area contributed by atoms with Gasteiger partial charge in [-0.2, -0.15) is 0 Å². The van der Waals surface area contributed by atoms with E-state index in [1.807, 2.05) is 0 Å². The van der Waals surface area contributed by atoms with Crippen LogP contribution in [0.2, 0.25) is 0 Å². The van der Waals surface area contributed by atoms with Gasteiger partial charge < -0.3 is 11.1 Å². The van der Waals surface area contributed by atoms with Crippen LogP contribution in [0.25, 0.3) is 0 Å². The van der Waals surface area contributed by atoms with Crippen molar-refractivity contribution in [2.45, 2.75) is 50.0 Å². The van der Waals surface area contributed by atoms with Gasteiger partial charge in [0.1, 0.15) is 0 Å². The highest BCUT2D eigenvalue weighted by Gasteiger charge is 2.24. The molecule has 1 aromatic carbocycles. The SMILES string of the molecule is CCC1CCCCC1Nc1ccc(S(=O)(=O)NC)cc1N. The van der Waals surface area contributed by atoms with E-state index in [0.29, 0.717) is 17.6 Å². The Kier molecular flexibility index (Phi) is 5.11. The van der Waals surface area contributed by atoms with Crippen LogP contribution < -0.4 is 15.8 Å². The first-order chi connectivity index (χ1) is 9.97. The number of anilines is 2. The minimum atomic E-state index is -3.44. The van der Waals surface area contributed by atoms with Gasteiger partial charge in [0, 0.05) is 6.04 Å². The van der Waals surface area contributed by atoms with Crippen molar-refractivity contribution in [3.63, 3.8) is 0 Å². The molecule has 5 nitrogen and oxygen atoms in total. The van der Waals surface area contributed by atoms with Gasteiger partial charge in [-0.25, -0.2) is 13.1 Å². The van der Waals surface area contributed by atoms with Gasteiger partial charge >= 0.3 is 0 Å². The third-order valence-electron chi connectivity index (χ3n) is 4.38. The zero-order valence-electron chi connectivity index (χ0n) is 12.7. The fraction of sp³-hybridized carbons (Fsp3) is 0.600. The second-order valence-electron chi connectivity index (χ2n) is 5.66. The molecule has 0 aliphatic heterocycles. The van der Waals surface area contributed by atoms with Gasteiger partial charge in [-0.15, -0.1) is 0 Å². The van der Waals surface area contributed by atoms with Crippen LogP contribution in [0.1, 0.15) is 39.0 Å². The standard InChI is InChI=1S/C15H25N3O2S/c1-3-11-6-4-5-7-14(11)18-15-9-8-12(10-13(15)16)21(19,20)17-2/h8-11,14,17-18H,3-7,16H2,1-2H3. The third-order valence-corrected chi connectivity index (χ3v) is 5.79. The highest BCUT2D eigenvalue weighted by atomic mass is 32.2. The minimum Gasteiger partial charge on any atom is -0.397 e. The summed E-state index contributed by atoms with van der Waals surface area (Å²) in [6, 6.07) is 5.30. The van der Waals surface area contributed by atoms with Crippen molar-refractivity contribution in [2.24, 2.45) is 5.92 Å². The van der Waals surface area contributed by atoms with Crippen LogP contribution in [0.3, 0.4) is 0 Å². The summed E-state index contributed by atoms with van der Waals surface area (Å²) in [5.74, 6) is 0.666. The number of sulfonamides is 1. The van der Waals surface area contributed by atoms with Gasteiger partial charge in [0.2, 0.25) is 10.0 Å². The van der Waals surface area contributed by atoms with Crippen LogP contribution in [0, 0.1) is 5.92 Å². The Bertz CT molecular complexity index is 587. The Balaban J connectivity index is 2.18. The zero-order valence-corrected chi connectivity index (χ0v) is 13.5. The number of hydrogen-bond donors (Lipinski definition) is 3. The van der Waals surface area contributed by atoms with Crippen molar-refractivity contribution in [3.05, 3.63) is 18.2 Å². The van der Waals surface area contributed by atoms with Gasteiger partial charge in [-0.3, -0.25) is 0 Å². The van der Waals surface area contributed by atoms with Crippen molar-refractivity contribution in [2.75, 3.05) is 18.1 Å². The molecule has 0 saturated heterocycles. The maximum Gasteiger partial charge on any atom is 0.240 e. The largest absolute Gasteiger partial charge is 0.397 e. The van der Waals surface area contributed by atoms with Crippen molar-refractivity contribution in [3.8, 4) is 0 Å². The lowest BCUT2D eigenvalue weighted by Crippen LogP contribution is -2.32. The summed E-state index contributed by atoms with van der Waals surface area (Å²) in [5.41, 5.74) is 7.33. The number of nitrogens with one attached hydrogen (secondary N) is 2. The first-order valence-corrected chi connectivity index (χ1v) is 9.06. The van der Waals surface area contributed by atoms with E-state index >= 15 is 0 Å². The zero-order chi connectivity index (χ0) is 15.5. The molecule has 1 aliphatic rings. The third kappa shape index (κ3) is 3.68. The average molecular weight is 311 g/mol. The molecule has 6 heteroatoms. The lowest BCUT2D eigenvalue weighted by Gasteiger charge is -2.32. The summed E-state index contributed by atoms with van der Waals surface area (Å²) in [4.78, 5) is 0.198. The highest BCUT2D eigenvalue weighted by Crippen LogP contribution is 2.31. The van der Waals surface area contributed by atoms with Crippen LogP contribution >= 0.6 is 0 Å². The molecule has 4 N–H and O–H groups in total. The molecular formula is C15H25N3O2S. The molecule has 1 aromatic rings. The Hall–Kier alpha value is -1.27. The molecule has 0 bridgehead atoms. The Morgan fingerprint density at radius 1 is 1.29 bits per heavy atom. The molecule has 1 saturated carbocycles. The Labute approximate surface area is 127 Å². The predicted octanol–water partition coefficient (Wildman–Crippen LogP) is 2.56. The van der Waals surface area contributed by atoms with Crippen molar-refractivity contribution < 1.29 is 8.42 Å². The summed E-state index contributed by atoms with van der Waals surface area (Å²) in [6.45, 7) is 2.22. The van der Waals surface area contributed by atoms with E-state index in [-0.39, 0.29) is 4.90 Å². The normalized spacial score (nSPS) is 23.0. The molecule has 2 unspecified atom stereocenters. The van der Waals surface area contributed by atoms with Crippen molar-refractivity contribution >= 4 is 21.4 Å². The van der Waals surface area contributed by atoms with Crippen molar-refractivity contribution in [1.29, 1.82) is 0 Å². The van der Waals surface area contributed by atoms with E-state index in [0.717, 1.165) is 18.5 Å². The Morgan fingerprint density at radius 2 is 2.00 bits per heavy atom. The summed E-state index contributed by atoms with van der Waals surface area (Å²) < 4.78 is 25.8. The quantitative estimate of drug-likeness (QED) is 0.730. The van der Waals surface area contributed by atoms with Crippen LogP contribution in [0.4, 0.5) is 11.4 Å². The molecule has 1 aliphatic carbocycles. The Morgan fingerprint density at radius 3 is 2.62 bits per heavy atom. The fourth-order valence-corrected chi connectivity index (χ4v) is 3.81. The maximum atomic E-state index is 11.8. The van der Waals surface area contributed by atoms with Gasteiger partial charge in [0.15, 0.2) is 0 Å². The number of hydrogen-bond acceptors (Lipinski definition) is 4. The summed E-state index contributed by atoms with van der Waals surface area (Å²) in [5, 5.41) is 3.51. The van der Waals surface area contributed by atoms with Crippen LogP contribution in [0.5, 0.6) is 0 Å². The maximum absolute atomic E-state index is 11.8. The lowest BCUT2D eigenvalue weighted by atomic mass is 9.83. The van der Waals surface area contributed by atoms with Crippen LogP contribution in [-0.4, -0.2) is 21.5 Å². The summed E-state index contributed by atoms with van der Waals surface area (Å²) in [6.07, 6.45) is 6.09. The van der Waals surface area contributed by atoms with Gasteiger partial charge in [-0.1, -0.05) is 26.2 Å². The molecule has 0 spiro atoms. The predicted molar refractivity (Wildman–Crippen MR) is 86.8 cm³/mol. The van der Waals surface area contributed by atoms with E-state index in [1.165, 1.54) is 32.4 Å². The molecule has 2 atom stereocenters. The molecule has 0 heterocycles. The molecule has 21 heavy (non-hydrogen) atoms. The van der Waals surface area contributed by atoms with Crippen molar-refractivity contribution in [1.82, 2.24) is 4.72 Å². The van der Waals surface area contributed by atoms with Gasteiger partial charge in [0.05, 0.1) is 16.3 Å².